The Labute approximate surface area is 111 Å². The predicted molar refractivity (Wildman–Crippen MR) is 76.1 cm³/mol. The van der Waals surface area contributed by atoms with Crippen LogP contribution in [0.2, 0.25) is 0 Å². The van der Waals surface area contributed by atoms with Gasteiger partial charge in [-0.2, -0.15) is 0 Å². The van der Waals surface area contributed by atoms with Crippen LogP contribution < -0.4 is 10.1 Å². The first-order chi connectivity index (χ1) is 8.74. The van der Waals surface area contributed by atoms with Crippen molar-refractivity contribution in [2.45, 2.75) is 38.6 Å². The molecule has 1 aliphatic carbocycles. The van der Waals surface area contributed by atoms with Gasteiger partial charge in [0.25, 0.3) is 0 Å². The van der Waals surface area contributed by atoms with E-state index in [0.717, 1.165) is 24.0 Å². The molecule has 2 rings (SSSR count). The highest BCUT2D eigenvalue weighted by atomic mass is 16.5. The maximum absolute atomic E-state index is 5.18. The number of hydrogen-bond donors (Lipinski definition) is 1. The summed E-state index contributed by atoms with van der Waals surface area (Å²) in [7, 11) is 3.81. The van der Waals surface area contributed by atoms with Crippen LogP contribution in [0.5, 0.6) is 5.75 Å². The lowest BCUT2D eigenvalue weighted by Gasteiger charge is -2.23. The second-order valence-corrected chi connectivity index (χ2v) is 5.48. The number of methoxy groups -OCH3 is 1. The molecule has 0 heterocycles. The number of aryl methyl sites for hydroxylation is 1. The van der Waals surface area contributed by atoms with Gasteiger partial charge < -0.3 is 10.1 Å². The number of nitrogens with one attached hydrogen (secondary N) is 1. The van der Waals surface area contributed by atoms with Crippen LogP contribution in [0.1, 0.15) is 31.7 Å². The van der Waals surface area contributed by atoms with Crippen molar-refractivity contribution in [1.29, 1.82) is 0 Å². The van der Waals surface area contributed by atoms with Crippen molar-refractivity contribution in [2.24, 2.45) is 11.8 Å². The van der Waals surface area contributed by atoms with E-state index in [1.165, 1.54) is 24.8 Å². The summed E-state index contributed by atoms with van der Waals surface area (Å²) in [4.78, 5) is 0. The van der Waals surface area contributed by atoms with E-state index in [-0.39, 0.29) is 0 Å². The SMILES string of the molecule is CNC(CCc1ccc(OC)cc1)C(C)C1CC1. The first kappa shape index (κ1) is 13.4. The van der Waals surface area contributed by atoms with Crippen molar-refractivity contribution in [1.82, 2.24) is 5.32 Å². The topological polar surface area (TPSA) is 21.3 Å². The van der Waals surface area contributed by atoms with Gasteiger partial charge in [-0.05, 0) is 62.3 Å². The van der Waals surface area contributed by atoms with Gasteiger partial charge in [0, 0.05) is 6.04 Å². The van der Waals surface area contributed by atoms with Crippen molar-refractivity contribution in [3.05, 3.63) is 29.8 Å². The highest BCUT2D eigenvalue weighted by molar-refractivity contribution is 5.27. The maximum Gasteiger partial charge on any atom is 0.118 e. The van der Waals surface area contributed by atoms with Crippen LogP contribution in [-0.2, 0) is 6.42 Å². The van der Waals surface area contributed by atoms with Gasteiger partial charge >= 0.3 is 0 Å². The summed E-state index contributed by atoms with van der Waals surface area (Å²) < 4.78 is 5.18. The Morgan fingerprint density at radius 3 is 2.44 bits per heavy atom. The number of benzene rings is 1. The molecule has 100 valence electrons. The third-order valence-corrected chi connectivity index (χ3v) is 4.27. The van der Waals surface area contributed by atoms with Crippen molar-refractivity contribution in [2.75, 3.05) is 14.2 Å². The summed E-state index contributed by atoms with van der Waals surface area (Å²) in [6, 6.07) is 9.10. The molecule has 0 spiro atoms. The molecule has 0 saturated heterocycles. The summed E-state index contributed by atoms with van der Waals surface area (Å²) in [5, 5.41) is 3.49. The van der Waals surface area contributed by atoms with E-state index in [2.05, 4.69) is 31.4 Å². The van der Waals surface area contributed by atoms with Gasteiger partial charge in [-0.1, -0.05) is 19.1 Å². The summed E-state index contributed by atoms with van der Waals surface area (Å²) in [5.74, 6) is 2.72. The Hall–Kier alpha value is -1.02. The van der Waals surface area contributed by atoms with E-state index in [4.69, 9.17) is 4.74 Å². The zero-order valence-electron chi connectivity index (χ0n) is 11.8. The molecule has 1 saturated carbocycles. The predicted octanol–water partition coefficient (Wildman–Crippen LogP) is 3.26. The smallest absolute Gasteiger partial charge is 0.118 e. The van der Waals surface area contributed by atoms with Gasteiger partial charge in [-0.3, -0.25) is 0 Å². The van der Waals surface area contributed by atoms with Crippen LogP contribution in [0.3, 0.4) is 0 Å². The Bertz CT molecular complexity index is 356. The third kappa shape index (κ3) is 3.49. The molecule has 1 aliphatic rings. The Morgan fingerprint density at radius 2 is 1.94 bits per heavy atom. The molecular weight excluding hydrogens is 222 g/mol. The first-order valence-corrected chi connectivity index (χ1v) is 7.04. The average molecular weight is 247 g/mol. The first-order valence-electron chi connectivity index (χ1n) is 7.04. The molecule has 2 unspecified atom stereocenters. The zero-order valence-corrected chi connectivity index (χ0v) is 11.8. The molecule has 1 aromatic rings. The number of ether oxygens (including phenoxy) is 1. The molecule has 0 aliphatic heterocycles. The highest BCUT2D eigenvalue weighted by Crippen LogP contribution is 2.38. The van der Waals surface area contributed by atoms with E-state index in [9.17, 15) is 0 Å². The minimum atomic E-state index is 0.652. The number of rotatable bonds is 7. The molecule has 0 aromatic heterocycles. The fourth-order valence-corrected chi connectivity index (χ4v) is 2.74. The lowest BCUT2D eigenvalue weighted by molar-refractivity contribution is 0.342. The number of hydrogen-bond acceptors (Lipinski definition) is 2. The molecule has 1 aromatic carbocycles. The monoisotopic (exact) mass is 247 g/mol. The molecule has 1 fully saturated rings. The normalized spacial score (nSPS) is 18.4. The van der Waals surface area contributed by atoms with Crippen molar-refractivity contribution >= 4 is 0 Å². The second kappa shape index (κ2) is 6.24. The molecule has 2 heteroatoms. The molecule has 1 N–H and O–H groups in total. The van der Waals surface area contributed by atoms with E-state index < -0.39 is 0 Å². The summed E-state index contributed by atoms with van der Waals surface area (Å²) in [5.41, 5.74) is 1.40. The molecule has 2 atom stereocenters. The Balaban J connectivity index is 1.84. The van der Waals surface area contributed by atoms with Crippen LogP contribution >= 0.6 is 0 Å². The average Bonchev–Trinajstić information content (AvgIpc) is 3.24. The lowest BCUT2D eigenvalue weighted by Crippen LogP contribution is -2.33. The molecule has 18 heavy (non-hydrogen) atoms. The fourth-order valence-electron chi connectivity index (χ4n) is 2.74. The summed E-state index contributed by atoms with van der Waals surface area (Å²) in [6.45, 7) is 2.40. The summed E-state index contributed by atoms with van der Waals surface area (Å²) in [6.07, 6.45) is 5.23. The minimum Gasteiger partial charge on any atom is -0.497 e. The largest absolute Gasteiger partial charge is 0.497 e. The van der Waals surface area contributed by atoms with Gasteiger partial charge in [-0.25, -0.2) is 0 Å². The standard InChI is InChI=1S/C16H25NO/c1-12(14-7-8-14)16(17-2)11-6-13-4-9-15(18-3)10-5-13/h4-5,9-10,12,14,16-17H,6-8,11H2,1-3H3. The van der Waals surface area contributed by atoms with Crippen molar-refractivity contribution in [3.8, 4) is 5.75 Å². The minimum absolute atomic E-state index is 0.652. The van der Waals surface area contributed by atoms with Gasteiger partial charge in [0.15, 0.2) is 0 Å². The van der Waals surface area contributed by atoms with Gasteiger partial charge in [0.05, 0.1) is 7.11 Å². The van der Waals surface area contributed by atoms with Crippen LogP contribution in [-0.4, -0.2) is 20.2 Å². The quantitative estimate of drug-likeness (QED) is 0.798. The second-order valence-electron chi connectivity index (χ2n) is 5.48. The molecule has 0 bridgehead atoms. The van der Waals surface area contributed by atoms with Gasteiger partial charge in [0.2, 0.25) is 0 Å². The van der Waals surface area contributed by atoms with Crippen LogP contribution in [0.15, 0.2) is 24.3 Å². The van der Waals surface area contributed by atoms with E-state index >= 15 is 0 Å². The van der Waals surface area contributed by atoms with Crippen LogP contribution in [0, 0.1) is 11.8 Å². The van der Waals surface area contributed by atoms with E-state index in [1.54, 1.807) is 7.11 Å². The highest BCUT2D eigenvalue weighted by Gasteiger charge is 2.32. The van der Waals surface area contributed by atoms with E-state index in [1.807, 2.05) is 12.1 Å². The van der Waals surface area contributed by atoms with Crippen LogP contribution in [0.25, 0.3) is 0 Å². The fraction of sp³-hybridized carbons (Fsp3) is 0.625. The van der Waals surface area contributed by atoms with Gasteiger partial charge in [0.1, 0.15) is 5.75 Å². The van der Waals surface area contributed by atoms with Gasteiger partial charge in [-0.15, -0.1) is 0 Å². The molecule has 0 radical (unpaired) electrons. The van der Waals surface area contributed by atoms with E-state index in [0.29, 0.717) is 6.04 Å². The molecular formula is C16H25NO. The Morgan fingerprint density at radius 1 is 1.28 bits per heavy atom. The van der Waals surface area contributed by atoms with Crippen molar-refractivity contribution in [3.63, 3.8) is 0 Å². The maximum atomic E-state index is 5.18. The lowest BCUT2D eigenvalue weighted by atomic mass is 9.91. The molecule has 0 amide bonds. The van der Waals surface area contributed by atoms with Crippen LogP contribution in [0.4, 0.5) is 0 Å². The van der Waals surface area contributed by atoms with Crippen molar-refractivity contribution < 1.29 is 4.74 Å². The Kier molecular flexibility index (Phi) is 4.65. The third-order valence-electron chi connectivity index (χ3n) is 4.27. The zero-order chi connectivity index (χ0) is 13.0. The molecule has 2 nitrogen and oxygen atoms in total. The summed E-state index contributed by atoms with van der Waals surface area (Å²) >= 11 is 0.